The van der Waals surface area contributed by atoms with Gasteiger partial charge in [-0.1, -0.05) is 38.5 Å². The first-order valence-electron chi connectivity index (χ1n) is 6.64. The molecule has 0 aromatic carbocycles. The molecule has 0 saturated heterocycles. The van der Waals surface area contributed by atoms with Crippen molar-refractivity contribution in [3.8, 4) is 0 Å². The van der Waals surface area contributed by atoms with Crippen LogP contribution in [-0.4, -0.2) is 35.5 Å². The van der Waals surface area contributed by atoms with Gasteiger partial charge < -0.3 is 14.9 Å². The van der Waals surface area contributed by atoms with Gasteiger partial charge in [0.05, 0.1) is 6.61 Å². The molecule has 0 aromatic heterocycles. The Morgan fingerprint density at radius 2 is 1.47 bits per heavy atom. The second kappa shape index (κ2) is 11.9. The third kappa shape index (κ3) is 11.6. The molecule has 0 aliphatic rings. The van der Waals surface area contributed by atoms with Crippen LogP contribution in [0.2, 0.25) is 0 Å². The van der Waals surface area contributed by atoms with Crippen molar-refractivity contribution < 1.29 is 19.7 Å². The van der Waals surface area contributed by atoms with E-state index in [1.807, 2.05) is 0 Å². The van der Waals surface area contributed by atoms with Crippen LogP contribution in [0.15, 0.2) is 0 Å². The summed E-state index contributed by atoms with van der Waals surface area (Å²) in [5.74, 6) is -0.533. The number of aliphatic hydroxyl groups excluding tert-OH is 2. The number of esters is 1. The van der Waals surface area contributed by atoms with Crippen LogP contribution in [0.1, 0.15) is 58.3 Å². The van der Waals surface area contributed by atoms with Crippen LogP contribution < -0.4 is 0 Å². The fraction of sp³-hybridized carbons (Fsp3) is 0.923. The summed E-state index contributed by atoms with van der Waals surface area (Å²) in [4.78, 5) is 10.9. The molecule has 17 heavy (non-hydrogen) atoms. The number of aliphatic hydroxyl groups is 2. The van der Waals surface area contributed by atoms with E-state index >= 15 is 0 Å². The largest absolute Gasteiger partial charge is 0.464 e. The van der Waals surface area contributed by atoms with Gasteiger partial charge in [0.2, 0.25) is 0 Å². The highest BCUT2D eigenvalue weighted by Crippen LogP contribution is 2.08. The van der Waals surface area contributed by atoms with Gasteiger partial charge >= 0.3 is 5.97 Å². The monoisotopic (exact) mass is 246 g/mol. The summed E-state index contributed by atoms with van der Waals surface area (Å²) in [5, 5.41) is 17.5. The lowest BCUT2D eigenvalue weighted by Gasteiger charge is -2.06. The van der Waals surface area contributed by atoms with Crippen molar-refractivity contribution in [1.29, 1.82) is 0 Å². The Bertz CT molecular complexity index is 180. The first-order valence-corrected chi connectivity index (χ1v) is 6.64. The van der Waals surface area contributed by atoms with Crippen LogP contribution in [0.3, 0.4) is 0 Å². The molecule has 0 amide bonds. The van der Waals surface area contributed by atoms with Crippen molar-refractivity contribution in [2.75, 3.05) is 13.2 Å². The van der Waals surface area contributed by atoms with E-state index in [4.69, 9.17) is 14.9 Å². The minimum Gasteiger partial charge on any atom is -0.464 e. The van der Waals surface area contributed by atoms with E-state index in [1.165, 1.54) is 26.2 Å². The number of hydrogen-bond acceptors (Lipinski definition) is 4. The lowest BCUT2D eigenvalue weighted by Crippen LogP contribution is -2.19. The summed E-state index contributed by atoms with van der Waals surface area (Å²) < 4.78 is 4.85. The average molecular weight is 246 g/mol. The van der Waals surface area contributed by atoms with Gasteiger partial charge in [0.25, 0.3) is 0 Å². The molecule has 0 radical (unpaired) electrons. The normalized spacial score (nSPS) is 12.4. The predicted octanol–water partition coefficient (Wildman–Crippen LogP) is 2.02. The summed E-state index contributed by atoms with van der Waals surface area (Å²) in [5.41, 5.74) is 0. The molecule has 2 N–H and O–H groups in total. The summed E-state index contributed by atoms with van der Waals surface area (Å²) >= 11 is 0. The lowest BCUT2D eigenvalue weighted by molar-refractivity contribution is -0.152. The Balaban J connectivity index is 3.06. The summed E-state index contributed by atoms with van der Waals surface area (Å²) in [7, 11) is 0. The van der Waals surface area contributed by atoms with Gasteiger partial charge in [0, 0.05) is 6.61 Å². The van der Waals surface area contributed by atoms with E-state index in [9.17, 15) is 4.79 Å². The zero-order valence-corrected chi connectivity index (χ0v) is 10.9. The highest BCUT2D eigenvalue weighted by atomic mass is 16.5. The number of unbranched alkanes of at least 4 members (excludes halogenated alkanes) is 7. The van der Waals surface area contributed by atoms with Crippen LogP contribution in [0.25, 0.3) is 0 Å². The van der Waals surface area contributed by atoms with E-state index < -0.39 is 12.1 Å². The molecule has 0 aliphatic carbocycles. The van der Waals surface area contributed by atoms with Gasteiger partial charge in [-0.15, -0.1) is 0 Å². The Labute approximate surface area is 104 Å². The molecule has 0 aliphatic heterocycles. The molecule has 1 atom stereocenters. The molecule has 0 heterocycles. The molecule has 0 saturated carbocycles. The second-order valence-corrected chi connectivity index (χ2v) is 4.40. The van der Waals surface area contributed by atoms with Crippen molar-refractivity contribution >= 4 is 5.97 Å². The van der Waals surface area contributed by atoms with Gasteiger partial charge in [-0.2, -0.15) is 0 Å². The van der Waals surface area contributed by atoms with Gasteiger partial charge in [-0.05, 0) is 19.8 Å². The van der Waals surface area contributed by atoms with Gasteiger partial charge in [-0.3, -0.25) is 0 Å². The van der Waals surface area contributed by atoms with Crippen molar-refractivity contribution in [1.82, 2.24) is 0 Å². The number of ether oxygens (including phenoxy) is 1. The molecule has 0 bridgehead atoms. The van der Waals surface area contributed by atoms with Gasteiger partial charge in [0.1, 0.15) is 6.10 Å². The molecule has 0 fully saturated rings. The Morgan fingerprint density at radius 3 is 1.94 bits per heavy atom. The Morgan fingerprint density at radius 1 is 1.00 bits per heavy atom. The van der Waals surface area contributed by atoms with Crippen molar-refractivity contribution in [3.63, 3.8) is 0 Å². The minimum atomic E-state index is -1.01. The quantitative estimate of drug-likeness (QED) is 0.432. The Kier molecular flexibility index (Phi) is 11.4. The predicted molar refractivity (Wildman–Crippen MR) is 66.7 cm³/mol. The SMILES string of the molecule is CC(O)C(=O)OCCCCCCCCCCO. The number of carbonyl (C=O) groups excluding carboxylic acids is 1. The van der Waals surface area contributed by atoms with Crippen molar-refractivity contribution in [2.24, 2.45) is 0 Å². The molecule has 0 rings (SSSR count). The fourth-order valence-corrected chi connectivity index (χ4v) is 1.57. The lowest BCUT2D eigenvalue weighted by atomic mass is 10.1. The standard InChI is InChI=1S/C13H26O4/c1-12(15)13(16)17-11-9-7-5-3-2-4-6-8-10-14/h12,14-15H,2-11H2,1H3. The third-order valence-electron chi connectivity index (χ3n) is 2.64. The number of rotatable bonds is 11. The maximum absolute atomic E-state index is 10.9. The van der Waals surface area contributed by atoms with Crippen molar-refractivity contribution in [3.05, 3.63) is 0 Å². The zero-order valence-electron chi connectivity index (χ0n) is 10.9. The van der Waals surface area contributed by atoms with Crippen LogP contribution in [0.4, 0.5) is 0 Å². The summed E-state index contributed by atoms with van der Waals surface area (Å²) in [6.07, 6.45) is 7.72. The van der Waals surface area contributed by atoms with E-state index in [2.05, 4.69) is 0 Å². The smallest absolute Gasteiger partial charge is 0.334 e. The second-order valence-electron chi connectivity index (χ2n) is 4.40. The highest BCUT2D eigenvalue weighted by molar-refractivity contribution is 5.73. The van der Waals surface area contributed by atoms with Crippen LogP contribution in [0.5, 0.6) is 0 Å². The average Bonchev–Trinajstić information content (AvgIpc) is 2.31. The molecule has 4 nitrogen and oxygen atoms in total. The minimum absolute atomic E-state index is 0.300. The summed E-state index contributed by atoms with van der Waals surface area (Å²) in [6, 6.07) is 0. The molecular formula is C13H26O4. The number of hydrogen-bond donors (Lipinski definition) is 2. The maximum Gasteiger partial charge on any atom is 0.334 e. The molecular weight excluding hydrogens is 220 g/mol. The van der Waals surface area contributed by atoms with E-state index in [1.54, 1.807) is 0 Å². The molecule has 4 heteroatoms. The first-order chi connectivity index (χ1) is 8.18. The number of carbonyl (C=O) groups is 1. The topological polar surface area (TPSA) is 66.8 Å². The van der Waals surface area contributed by atoms with E-state index in [-0.39, 0.29) is 0 Å². The molecule has 1 unspecified atom stereocenters. The van der Waals surface area contributed by atoms with Crippen LogP contribution >= 0.6 is 0 Å². The van der Waals surface area contributed by atoms with Gasteiger partial charge in [0.15, 0.2) is 0 Å². The van der Waals surface area contributed by atoms with Crippen LogP contribution in [0, 0.1) is 0 Å². The third-order valence-corrected chi connectivity index (χ3v) is 2.64. The highest BCUT2D eigenvalue weighted by Gasteiger charge is 2.08. The zero-order chi connectivity index (χ0) is 12.9. The molecule has 0 aromatic rings. The molecule has 102 valence electrons. The van der Waals surface area contributed by atoms with Gasteiger partial charge in [-0.25, -0.2) is 4.79 Å². The first kappa shape index (κ1) is 16.4. The van der Waals surface area contributed by atoms with Crippen LogP contribution in [-0.2, 0) is 9.53 Å². The fourth-order valence-electron chi connectivity index (χ4n) is 1.57. The Hall–Kier alpha value is -0.610. The van der Waals surface area contributed by atoms with E-state index in [0.29, 0.717) is 13.2 Å². The molecule has 0 spiro atoms. The summed E-state index contributed by atoms with van der Waals surface area (Å²) in [6.45, 7) is 2.12. The van der Waals surface area contributed by atoms with Crippen molar-refractivity contribution in [2.45, 2.75) is 64.4 Å². The maximum atomic E-state index is 10.9. The van der Waals surface area contributed by atoms with E-state index in [0.717, 1.165) is 32.1 Å².